The van der Waals surface area contributed by atoms with Crippen LogP contribution in [-0.2, 0) is 6.54 Å². The van der Waals surface area contributed by atoms with E-state index in [4.69, 9.17) is 0 Å². The molecule has 0 fully saturated rings. The number of pyridine rings is 1. The molecule has 2 aromatic rings. The van der Waals surface area contributed by atoms with Gasteiger partial charge in [0.25, 0.3) is 0 Å². The highest BCUT2D eigenvalue weighted by atomic mass is 16.5. The van der Waals surface area contributed by atoms with Gasteiger partial charge in [0, 0.05) is 12.4 Å². The number of aromatic nitrogens is 1. The number of benzene rings is 1. The van der Waals surface area contributed by atoms with Crippen LogP contribution in [0.1, 0.15) is 5.56 Å². The highest BCUT2D eigenvalue weighted by Gasteiger charge is 2.01. The maximum atomic E-state index is 9.66. The summed E-state index contributed by atoms with van der Waals surface area (Å²) < 4.78 is 0. The molecule has 2 rings (SSSR count). The van der Waals surface area contributed by atoms with E-state index < -0.39 is 0 Å². The third-order valence-electron chi connectivity index (χ3n) is 2.11. The Labute approximate surface area is 94.1 Å². The molecular formula is C12H13N3O. The summed E-state index contributed by atoms with van der Waals surface area (Å²) in [5.74, 6) is 0. The molecule has 0 spiro atoms. The van der Waals surface area contributed by atoms with Crippen molar-refractivity contribution in [3.05, 3.63) is 60.4 Å². The van der Waals surface area contributed by atoms with Gasteiger partial charge >= 0.3 is 0 Å². The van der Waals surface area contributed by atoms with Crippen LogP contribution in [0.3, 0.4) is 0 Å². The van der Waals surface area contributed by atoms with Gasteiger partial charge in [-0.2, -0.15) is 0 Å². The lowest BCUT2D eigenvalue weighted by Gasteiger charge is -2.16. The van der Waals surface area contributed by atoms with Gasteiger partial charge in [-0.05, 0) is 17.7 Å². The number of hydrazine groups is 1. The van der Waals surface area contributed by atoms with E-state index >= 15 is 0 Å². The Morgan fingerprint density at radius 2 is 1.75 bits per heavy atom. The zero-order valence-corrected chi connectivity index (χ0v) is 8.74. The van der Waals surface area contributed by atoms with E-state index in [0.29, 0.717) is 6.54 Å². The van der Waals surface area contributed by atoms with Crippen molar-refractivity contribution in [1.29, 1.82) is 0 Å². The minimum absolute atomic E-state index is 0.420. The van der Waals surface area contributed by atoms with Gasteiger partial charge in [-0.15, -0.1) is 5.17 Å². The van der Waals surface area contributed by atoms with Crippen LogP contribution in [-0.4, -0.2) is 15.4 Å². The van der Waals surface area contributed by atoms with E-state index in [-0.39, 0.29) is 0 Å². The van der Waals surface area contributed by atoms with Crippen LogP contribution in [0.5, 0.6) is 0 Å². The number of nitrogens with zero attached hydrogens (tertiary/aromatic N) is 2. The second-order valence-corrected chi connectivity index (χ2v) is 3.39. The van der Waals surface area contributed by atoms with Crippen molar-refractivity contribution in [2.24, 2.45) is 0 Å². The second kappa shape index (κ2) is 5.25. The van der Waals surface area contributed by atoms with Crippen LogP contribution in [0.15, 0.2) is 54.9 Å². The first-order chi connectivity index (χ1) is 7.84. The van der Waals surface area contributed by atoms with Crippen LogP contribution >= 0.6 is 0 Å². The SMILES string of the molecule is ON(Cc1ccccc1)Nc1ccncc1. The van der Waals surface area contributed by atoms with Crippen molar-refractivity contribution < 1.29 is 5.21 Å². The Balaban J connectivity index is 1.92. The van der Waals surface area contributed by atoms with E-state index in [1.807, 2.05) is 30.3 Å². The molecule has 82 valence electrons. The van der Waals surface area contributed by atoms with Crippen molar-refractivity contribution in [3.63, 3.8) is 0 Å². The average molecular weight is 215 g/mol. The maximum absolute atomic E-state index is 9.66. The minimum atomic E-state index is 0.420. The molecular weight excluding hydrogens is 202 g/mol. The summed E-state index contributed by atoms with van der Waals surface area (Å²) in [6.07, 6.45) is 3.33. The zero-order chi connectivity index (χ0) is 11.2. The summed E-state index contributed by atoms with van der Waals surface area (Å²) >= 11 is 0. The fourth-order valence-corrected chi connectivity index (χ4v) is 1.37. The fourth-order valence-electron chi connectivity index (χ4n) is 1.37. The first-order valence-electron chi connectivity index (χ1n) is 5.01. The molecule has 0 radical (unpaired) electrons. The van der Waals surface area contributed by atoms with Gasteiger partial charge in [-0.3, -0.25) is 15.6 Å². The first-order valence-corrected chi connectivity index (χ1v) is 5.01. The Kier molecular flexibility index (Phi) is 3.48. The fraction of sp³-hybridized carbons (Fsp3) is 0.0833. The normalized spacial score (nSPS) is 10.4. The van der Waals surface area contributed by atoms with Gasteiger partial charge in [-0.25, -0.2) is 0 Å². The molecule has 2 N–H and O–H groups in total. The highest BCUT2D eigenvalue weighted by Crippen LogP contribution is 2.07. The van der Waals surface area contributed by atoms with Gasteiger partial charge in [0.1, 0.15) is 0 Å². The Bertz CT molecular complexity index is 377. The molecule has 0 unspecified atom stereocenters. The quantitative estimate of drug-likeness (QED) is 0.768. The van der Waals surface area contributed by atoms with Crippen molar-refractivity contribution in [3.8, 4) is 0 Å². The van der Waals surface area contributed by atoms with Crippen LogP contribution in [0.25, 0.3) is 0 Å². The molecule has 1 aromatic heterocycles. The molecule has 1 aromatic carbocycles. The highest BCUT2D eigenvalue weighted by molar-refractivity contribution is 5.39. The predicted octanol–water partition coefficient (Wildman–Crippen LogP) is 2.30. The van der Waals surface area contributed by atoms with E-state index in [9.17, 15) is 5.21 Å². The number of hydroxylamine groups is 1. The lowest BCUT2D eigenvalue weighted by Crippen LogP contribution is -2.25. The average Bonchev–Trinajstić information content (AvgIpc) is 2.31. The Hall–Kier alpha value is -1.91. The number of hydrogen-bond acceptors (Lipinski definition) is 4. The summed E-state index contributed by atoms with van der Waals surface area (Å²) in [7, 11) is 0. The van der Waals surface area contributed by atoms with E-state index in [0.717, 1.165) is 16.4 Å². The standard InChI is InChI=1S/C12H13N3O/c16-15(10-11-4-2-1-3-5-11)14-12-6-8-13-9-7-12/h1-9,16H,10H2,(H,13,14). The van der Waals surface area contributed by atoms with E-state index in [1.165, 1.54) is 0 Å². The Morgan fingerprint density at radius 3 is 2.44 bits per heavy atom. The van der Waals surface area contributed by atoms with Gasteiger partial charge in [0.05, 0.1) is 12.2 Å². The predicted molar refractivity (Wildman–Crippen MR) is 61.6 cm³/mol. The molecule has 16 heavy (non-hydrogen) atoms. The lowest BCUT2D eigenvalue weighted by molar-refractivity contribution is -0.0742. The van der Waals surface area contributed by atoms with Crippen molar-refractivity contribution in [2.75, 3.05) is 5.43 Å². The molecule has 0 aliphatic rings. The number of hydrogen-bond donors (Lipinski definition) is 2. The van der Waals surface area contributed by atoms with Crippen molar-refractivity contribution >= 4 is 5.69 Å². The Morgan fingerprint density at radius 1 is 1.06 bits per heavy atom. The molecule has 0 aliphatic carbocycles. The van der Waals surface area contributed by atoms with Gasteiger partial charge in [0.2, 0.25) is 0 Å². The molecule has 0 aliphatic heterocycles. The smallest absolute Gasteiger partial charge is 0.0700 e. The molecule has 0 bridgehead atoms. The lowest BCUT2D eigenvalue weighted by atomic mass is 10.2. The monoisotopic (exact) mass is 215 g/mol. The number of nitrogens with one attached hydrogen (secondary N) is 1. The largest absolute Gasteiger partial charge is 0.296 e. The molecule has 0 amide bonds. The summed E-state index contributed by atoms with van der Waals surface area (Å²) in [6.45, 7) is 0.420. The van der Waals surface area contributed by atoms with Gasteiger partial charge < -0.3 is 0 Å². The maximum Gasteiger partial charge on any atom is 0.0700 e. The van der Waals surface area contributed by atoms with Crippen LogP contribution in [0.4, 0.5) is 5.69 Å². The summed E-state index contributed by atoms with van der Waals surface area (Å²) in [4.78, 5) is 3.90. The summed E-state index contributed by atoms with van der Waals surface area (Å²) in [5, 5.41) is 10.7. The van der Waals surface area contributed by atoms with Crippen molar-refractivity contribution in [2.45, 2.75) is 6.54 Å². The third kappa shape index (κ3) is 3.05. The molecule has 0 saturated carbocycles. The number of anilines is 1. The number of rotatable bonds is 4. The van der Waals surface area contributed by atoms with E-state index in [1.54, 1.807) is 24.5 Å². The summed E-state index contributed by atoms with van der Waals surface area (Å²) in [5.41, 5.74) is 4.67. The second-order valence-electron chi connectivity index (χ2n) is 3.39. The molecule has 0 atom stereocenters. The van der Waals surface area contributed by atoms with Crippen molar-refractivity contribution in [1.82, 2.24) is 10.2 Å². The van der Waals surface area contributed by atoms with Crippen LogP contribution in [0.2, 0.25) is 0 Å². The molecule has 0 saturated heterocycles. The zero-order valence-electron chi connectivity index (χ0n) is 8.74. The minimum Gasteiger partial charge on any atom is -0.296 e. The van der Waals surface area contributed by atoms with Crippen LogP contribution in [0, 0.1) is 0 Å². The van der Waals surface area contributed by atoms with E-state index in [2.05, 4.69) is 10.4 Å². The molecule has 4 heteroatoms. The summed E-state index contributed by atoms with van der Waals surface area (Å²) in [6, 6.07) is 13.3. The van der Waals surface area contributed by atoms with Gasteiger partial charge in [-0.1, -0.05) is 30.3 Å². The first kappa shape index (κ1) is 10.6. The van der Waals surface area contributed by atoms with Gasteiger partial charge in [0.15, 0.2) is 0 Å². The molecule has 4 nitrogen and oxygen atoms in total. The topological polar surface area (TPSA) is 48.4 Å². The van der Waals surface area contributed by atoms with Crippen LogP contribution < -0.4 is 5.43 Å². The third-order valence-corrected chi connectivity index (χ3v) is 2.11. The molecule has 1 heterocycles.